The second kappa shape index (κ2) is 19.3. The van der Waals surface area contributed by atoms with E-state index in [-0.39, 0.29) is 80.1 Å². The summed E-state index contributed by atoms with van der Waals surface area (Å²) >= 11 is 0. The molecule has 0 amide bonds. The highest BCUT2D eigenvalue weighted by atomic mass is 19.3. The normalized spacial score (nSPS) is 11.5. The molecule has 3 aromatic rings. The van der Waals surface area contributed by atoms with E-state index in [1.807, 2.05) is 20.8 Å². The summed E-state index contributed by atoms with van der Waals surface area (Å²) in [5.41, 5.74) is -2.10. The molecule has 3 rings (SSSR count). The van der Waals surface area contributed by atoms with Gasteiger partial charge in [0.25, 0.3) is 0 Å². The molecular weight excluding hydrogens is 653 g/mol. The van der Waals surface area contributed by atoms with Crippen LogP contribution in [0.25, 0.3) is 11.1 Å². The van der Waals surface area contributed by atoms with Gasteiger partial charge in [0.2, 0.25) is 0 Å². The van der Waals surface area contributed by atoms with Crippen molar-refractivity contribution in [2.75, 3.05) is 59.5 Å². The SMILES string of the molecule is CCCOCCOc1cc(OCCOCCC)c(-c2cc(F)c(C(F)(F)Oc3cc(F)c(F)c(F)c3)c(F)c2)c(OCCOCCC)c1. The van der Waals surface area contributed by atoms with E-state index >= 15 is 17.6 Å². The Hall–Kier alpha value is -3.75. The summed E-state index contributed by atoms with van der Waals surface area (Å²) in [6, 6.07) is 4.37. The Labute approximate surface area is 274 Å². The van der Waals surface area contributed by atoms with Gasteiger partial charge in [0.05, 0.1) is 25.4 Å². The molecule has 0 spiro atoms. The van der Waals surface area contributed by atoms with Crippen LogP contribution in [0, 0.1) is 29.1 Å². The smallest absolute Gasteiger partial charge is 0.432 e. The predicted molar refractivity (Wildman–Crippen MR) is 162 cm³/mol. The molecule has 0 fully saturated rings. The van der Waals surface area contributed by atoms with Crippen molar-refractivity contribution < 1.29 is 63.9 Å². The van der Waals surface area contributed by atoms with Gasteiger partial charge in [0.15, 0.2) is 17.5 Å². The average Bonchev–Trinajstić information content (AvgIpc) is 3.02. The summed E-state index contributed by atoms with van der Waals surface area (Å²) in [4.78, 5) is 0. The predicted octanol–water partition coefficient (Wildman–Crippen LogP) is 8.59. The quantitative estimate of drug-likeness (QED) is 0.0594. The molecule has 14 heteroatoms. The summed E-state index contributed by atoms with van der Waals surface area (Å²) in [6.07, 6.45) is -2.43. The van der Waals surface area contributed by atoms with E-state index in [0.29, 0.717) is 32.0 Å². The molecule has 0 heterocycles. The molecule has 0 bridgehead atoms. The highest BCUT2D eigenvalue weighted by Crippen LogP contribution is 2.45. The number of hydrogen-bond donors (Lipinski definition) is 0. The van der Waals surface area contributed by atoms with Crippen LogP contribution in [0.15, 0.2) is 36.4 Å². The Balaban J connectivity index is 2.04. The number of ether oxygens (including phenoxy) is 7. The summed E-state index contributed by atoms with van der Waals surface area (Å²) in [5, 5.41) is 0. The van der Waals surface area contributed by atoms with Gasteiger partial charge < -0.3 is 33.2 Å². The minimum atomic E-state index is -4.77. The molecule has 0 N–H and O–H groups in total. The van der Waals surface area contributed by atoms with Crippen LogP contribution >= 0.6 is 0 Å². The van der Waals surface area contributed by atoms with Crippen molar-refractivity contribution in [3.63, 3.8) is 0 Å². The summed E-state index contributed by atoms with van der Waals surface area (Å²) in [5.74, 6) is -9.98. The van der Waals surface area contributed by atoms with Crippen molar-refractivity contribution in [2.45, 2.75) is 46.1 Å². The average molecular weight is 693 g/mol. The molecule has 266 valence electrons. The number of alkyl halides is 2. The zero-order valence-electron chi connectivity index (χ0n) is 27.0. The minimum absolute atomic E-state index is 0.00632. The first-order chi connectivity index (χ1) is 23.0. The lowest BCUT2D eigenvalue weighted by Crippen LogP contribution is -2.25. The van der Waals surface area contributed by atoms with Crippen molar-refractivity contribution in [1.82, 2.24) is 0 Å². The van der Waals surface area contributed by atoms with Crippen LogP contribution in [0.5, 0.6) is 23.0 Å². The fourth-order valence-corrected chi connectivity index (χ4v) is 4.33. The van der Waals surface area contributed by atoms with E-state index in [0.717, 1.165) is 19.3 Å². The van der Waals surface area contributed by atoms with E-state index in [4.69, 9.17) is 28.4 Å². The fourth-order valence-electron chi connectivity index (χ4n) is 4.33. The summed E-state index contributed by atoms with van der Waals surface area (Å²) in [6.45, 7) is 8.07. The van der Waals surface area contributed by atoms with Crippen LogP contribution in [0.1, 0.15) is 45.6 Å². The zero-order valence-corrected chi connectivity index (χ0v) is 27.0. The maximum absolute atomic E-state index is 15.4. The molecule has 0 aliphatic carbocycles. The maximum Gasteiger partial charge on any atom is 0.432 e. The van der Waals surface area contributed by atoms with Crippen molar-refractivity contribution >= 4 is 0 Å². The van der Waals surface area contributed by atoms with Crippen molar-refractivity contribution in [3.8, 4) is 34.1 Å². The van der Waals surface area contributed by atoms with Gasteiger partial charge in [-0.1, -0.05) is 20.8 Å². The lowest BCUT2D eigenvalue weighted by atomic mass is 10.00. The largest absolute Gasteiger partial charge is 0.491 e. The Morgan fingerprint density at radius 1 is 0.500 bits per heavy atom. The Bertz CT molecular complexity index is 1370. The van der Waals surface area contributed by atoms with E-state index in [2.05, 4.69) is 4.74 Å². The highest BCUT2D eigenvalue weighted by molar-refractivity contribution is 5.78. The van der Waals surface area contributed by atoms with Gasteiger partial charge >= 0.3 is 6.11 Å². The minimum Gasteiger partial charge on any atom is -0.491 e. The van der Waals surface area contributed by atoms with Crippen LogP contribution in [0.2, 0.25) is 0 Å². The molecule has 3 aromatic carbocycles. The topological polar surface area (TPSA) is 64.6 Å². The molecule has 0 saturated carbocycles. The van der Waals surface area contributed by atoms with Gasteiger partial charge in [0, 0.05) is 44.1 Å². The van der Waals surface area contributed by atoms with Crippen LogP contribution in [-0.2, 0) is 20.3 Å². The zero-order chi connectivity index (χ0) is 35.1. The van der Waals surface area contributed by atoms with Gasteiger partial charge in [-0.2, -0.15) is 8.78 Å². The molecule has 0 aliphatic heterocycles. The molecule has 0 aliphatic rings. The van der Waals surface area contributed by atoms with Crippen molar-refractivity contribution in [3.05, 3.63) is 71.0 Å². The van der Waals surface area contributed by atoms with Crippen LogP contribution in [0.3, 0.4) is 0 Å². The fraction of sp³-hybridized carbons (Fsp3) is 0.471. The van der Waals surface area contributed by atoms with Crippen LogP contribution in [-0.4, -0.2) is 59.5 Å². The van der Waals surface area contributed by atoms with E-state index in [9.17, 15) is 13.2 Å². The Kier molecular flexibility index (Phi) is 15.6. The van der Waals surface area contributed by atoms with Gasteiger partial charge in [0.1, 0.15) is 60.0 Å². The maximum atomic E-state index is 15.4. The molecule has 0 aromatic heterocycles. The number of benzene rings is 3. The first kappa shape index (κ1) is 38.7. The van der Waals surface area contributed by atoms with Gasteiger partial charge in [-0.25, -0.2) is 22.0 Å². The van der Waals surface area contributed by atoms with E-state index in [1.54, 1.807) is 0 Å². The second-order valence-corrected chi connectivity index (χ2v) is 10.3. The standard InChI is InChI=1S/C34H39F7O7/c1-4-7-42-10-13-45-23-20-29(46-14-11-43-8-5-2)31(30(21-23)47-15-12-44-9-6-3)22-16-25(35)32(26(36)17-22)34(40,41)48-24-18-27(37)33(39)28(38)19-24/h16-21H,4-15H2,1-3H3. The number of hydrogen-bond acceptors (Lipinski definition) is 7. The first-order valence-electron chi connectivity index (χ1n) is 15.5. The lowest BCUT2D eigenvalue weighted by molar-refractivity contribution is -0.189. The molecule has 7 nitrogen and oxygen atoms in total. The molecule has 0 saturated heterocycles. The van der Waals surface area contributed by atoms with Crippen LogP contribution < -0.4 is 18.9 Å². The number of halogens is 7. The third-order valence-corrected chi connectivity index (χ3v) is 6.38. The van der Waals surface area contributed by atoms with Crippen molar-refractivity contribution in [1.29, 1.82) is 0 Å². The Morgan fingerprint density at radius 3 is 1.38 bits per heavy atom. The molecule has 48 heavy (non-hydrogen) atoms. The first-order valence-corrected chi connectivity index (χ1v) is 15.5. The lowest BCUT2D eigenvalue weighted by Gasteiger charge is -2.22. The third kappa shape index (κ3) is 11.2. The van der Waals surface area contributed by atoms with Gasteiger partial charge in [-0.05, 0) is 37.0 Å². The molecule has 0 atom stereocenters. The van der Waals surface area contributed by atoms with E-state index in [1.165, 1.54) is 12.1 Å². The molecule has 0 unspecified atom stereocenters. The Morgan fingerprint density at radius 2 is 0.938 bits per heavy atom. The molecule has 0 radical (unpaired) electrons. The third-order valence-electron chi connectivity index (χ3n) is 6.38. The van der Waals surface area contributed by atoms with Crippen molar-refractivity contribution in [2.24, 2.45) is 0 Å². The number of rotatable bonds is 22. The summed E-state index contributed by atoms with van der Waals surface area (Å²) in [7, 11) is 0. The van der Waals surface area contributed by atoms with Gasteiger partial charge in [-0.15, -0.1) is 0 Å². The highest BCUT2D eigenvalue weighted by Gasteiger charge is 2.42. The summed E-state index contributed by atoms with van der Waals surface area (Å²) < 4.78 is 140. The molecular formula is C34H39F7O7. The monoisotopic (exact) mass is 692 g/mol. The van der Waals surface area contributed by atoms with E-state index < -0.39 is 46.5 Å². The van der Waals surface area contributed by atoms with Crippen LogP contribution in [0.4, 0.5) is 30.7 Å². The second-order valence-electron chi connectivity index (χ2n) is 10.3. The van der Waals surface area contributed by atoms with Gasteiger partial charge in [-0.3, -0.25) is 0 Å².